The van der Waals surface area contributed by atoms with Crippen LogP contribution in [0.1, 0.15) is 47.9 Å². The highest BCUT2D eigenvalue weighted by molar-refractivity contribution is 5.86. The fraction of sp³-hybridized carbons (Fsp3) is 0.636. The Kier molecular flexibility index (Phi) is 7.15. The topological polar surface area (TPSA) is 102 Å². The van der Waals surface area contributed by atoms with E-state index in [9.17, 15) is 9.59 Å². The van der Waals surface area contributed by atoms with Gasteiger partial charge in [-0.1, -0.05) is 24.2 Å². The smallest absolute Gasteiger partial charge is 0.242 e. The van der Waals surface area contributed by atoms with Crippen molar-refractivity contribution in [3.8, 4) is 0 Å². The molecule has 2 aromatic rings. The van der Waals surface area contributed by atoms with E-state index in [-0.39, 0.29) is 30.9 Å². The second-order valence-corrected chi connectivity index (χ2v) is 8.68. The number of amides is 2. The van der Waals surface area contributed by atoms with Crippen LogP contribution in [0.15, 0.2) is 9.05 Å². The second kappa shape index (κ2) is 9.64. The van der Waals surface area contributed by atoms with E-state index in [1.807, 2.05) is 20.8 Å². The largest absolute Gasteiger partial charge is 0.370 e. The molecule has 1 saturated heterocycles. The molecule has 1 aliphatic rings. The van der Waals surface area contributed by atoms with Crippen molar-refractivity contribution in [3.05, 3.63) is 34.0 Å². The first-order valence-electron chi connectivity index (χ1n) is 10.7. The first-order chi connectivity index (χ1) is 14.7. The van der Waals surface area contributed by atoms with E-state index in [2.05, 4.69) is 24.2 Å². The molecule has 9 nitrogen and oxygen atoms in total. The van der Waals surface area contributed by atoms with E-state index in [0.717, 1.165) is 16.8 Å². The van der Waals surface area contributed by atoms with Crippen molar-refractivity contribution >= 4 is 11.8 Å². The maximum atomic E-state index is 13.1. The number of aromatic nitrogens is 2. The van der Waals surface area contributed by atoms with E-state index in [4.69, 9.17) is 13.8 Å². The highest BCUT2D eigenvalue weighted by Crippen LogP contribution is 2.19. The molecule has 0 aliphatic carbocycles. The van der Waals surface area contributed by atoms with Gasteiger partial charge in [0.15, 0.2) is 0 Å². The molecule has 170 valence electrons. The van der Waals surface area contributed by atoms with Crippen molar-refractivity contribution in [3.63, 3.8) is 0 Å². The summed E-state index contributed by atoms with van der Waals surface area (Å²) >= 11 is 0. The van der Waals surface area contributed by atoms with Gasteiger partial charge in [0, 0.05) is 30.8 Å². The highest BCUT2D eigenvalue weighted by atomic mass is 16.5. The molecule has 3 heterocycles. The van der Waals surface area contributed by atoms with Crippen LogP contribution in [0.2, 0.25) is 0 Å². The van der Waals surface area contributed by atoms with Crippen molar-refractivity contribution in [2.75, 3.05) is 26.2 Å². The lowest BCUT2D eigenvalue weighted by Gasteiger charge is -2.26. The molecule has 1 fully saturated rings. The zero-order chi connectivity index (χ0) is 22.7. The zero-order valence-corrected chi connectivity index (χ0v) is 19.2. The summed E-state index contributed by atoms with van der Waals surface area (Å²) in [5.41, 5.74) is 3.15. The number of aryl methyl sites for hydroxylation is 4. The van der Waals surface area contributed by atoms with Crippen molar-refractivity contribution in [1.82, 2.24) is 20.1 Å². The van der Waals surface area contributed by atoms with Gasteiger partial charge in [-0.25, -0.2) is 0 Å². The second-order valence-electron chi connectivity index (χ2n) is 8.68. The minimum absolute atomic E-state index is 0.0418. The molecule has 0 aromatic carbocycles. The van der Waals surface area contributed by atoms with Crippen LogP contribution in [0.4, 0.5) is 0 Å². The SMILES string of the molecule is Cc1noc(C)c1COC1CN(C(=O)Cc2c(C)noc2C)CC(=O)N(CC(C)C)C1. The fourth-order valence-electron chi connectivity index (χ4n) is 3.82. The third-order valence-electron chi connectivity index (χ3n) is 5.62. The lowest BCUT2D eigenvalue weighted by Crippen LogP contribution is -2.41. The summed E-state index contributed by atoms with van der Waals surface area (Å²) in [7, 11) is 0. The molecule has 1 atom stereocenters. The van der Waals surface area contributed by atoms with Gasteiger partial charge in [0.25, 0.3) is 0 Å². The van der Waals surface area contributed by atoms with E-state index in [0.29, 0.717) is 49.4 Å². The Morgan fingerprint density at radius 1 is 1.06 bits per heavy atom. The summed E-state index contributed by atoms with van der Waals surface area (Å²) in [5.74, 6) is 1.45. The van der Waals surface area contributed by atoms with Gasteiger partial charge in [-0.3, -0.25) is 9.59 Å². The number of rotatable bonds is 7. The predicted octanol–water partition coefficient (Wildman–Crippen LogP) is 2.35. The minimum Gasteiger partial charge on any atom is -0.370 e. The Labute approximate surface area is 182 Å². The molecule has 0 spiro atoms. The van der Waals surface area contributed by atoms with Gasteiger partial charge in [-0.15, -0.1) is 0 Å². The Balaban J connectivity index is 1.76. The third kappa shape index (κ3) is 5.52. The summed E-state index contributed by atoms with van der Waals surface area (Å²) in [6.07, 6.45) is -0.164. The monoisotopic (exact) mass is 432 g/mol. The van der Waals surface area contributed by atoms with Crippen LogP contribution in [-0.4, -0.2) is 64.2 Å². The summed E-state index contributed by atoms with van der Waals surface area (Å²) in [5, 5.41) is 7.89. The summed E-state index contributed by atoms with van der Waals surface area (Å²) in [4.78, 5) is 29.4. The van der Waals surface area contributed by atoms with E-state index < -0.39 is 0 Å². The average Bonchev–Trinajstić information content (AvgIpc) is 3.13. The number of hydrogen-bond acceptors (Lipinski definition) is 7. The molecule has 0 bridgehead atoms. The van der Waals surface area contributed by atoms with E-state index >= 15 is 0 Å². The van der Waals surface area contributed by atoms with Crippen LogP contribution in [0.5, 0.6) is 0 Å². The van der Waals surface area contributed by atoms with Crippen molar-refractivity contribution < 1.29 is 23.4 Å². The van der Waals surface area contributed by atoms with Gasteiger partial charge in [0.1, 0.15) is 11.5 Å². The lowest BCUT2D eigenvalue weighted by molar-refractivity contribution is -0.138. The number of hydrogen-bond donors (Lipinski definition) is 0. The summed E-state index contributed by atoms with van der Waals surface area (Å²) < 4.78 is 16.6. The van der Waals surface area contributed by atoms with Crippen molar-refractivity contribution in [1.29, 1.82) is 0 Å². The average molecular weight is 433 g/mol. The molecule has 3 rings (SSSR count). The van der Waals surface area contributed by atoms with Gasteiger partial charge in [0.05, 0.1) is 37.1 Å². The Morgan fingerprint density at radius 3 is 2.23 bits per heavy atom. The first-order valence-corrected chi connectivity index (χ1v) is 10.7. The molecule has 2 aromatic heterocycles. The van der Waals surface area contributed by atoms with Crippen LogP contribution in [-0.2, 0) is 27.4 Å². The third-order valence-corrected chi connectivity index (χ3v) is 5.62. The summed E-state index contributed by atoms with van der Waals surface area (Å²) in [6.45, 7) is 13.2. The first kappa shape index (κ1) is 23.0. The quantitative estimate of drug-likeness (QED) is 0.662. The number of ether oxygens (including phenoxy) is 1. The van der Waals surface area contributed by atoms with Crippen LogP contribution >= 0.6 is 0 Å². The lowest BCUT2D eigenvalue weighted by atomic mass is 10.1. The fourth-order valence-corrected chi connectivity index (χ4v) is 3.82. The van der Waals surface area contributed by atoms with E-state index in [1.165, 1.54) is 0 Å². The highest BCUT2D eigenvalue weighted by Gasteiger charge is 2.32. The summed E-state index contributed by atoms with van der Waals surface area (Å²) in [6, 6.07) is 0. The molecule has 1 unspecified atom stereocenters. The van der Waals surface area contributed by atoms with Gasteiger partial charge < -0.3 is 23.6 Å². The molecule has 0 radical (unpaired) electrons. The van der Waals surface area contributed by atoms with Crippen LogP contribution in [0.25, 0.3) is 0 Å². The molecule has 1 aliphatic heterocycles. The number of carbonyl (C=O) groups excluding carboxylic acids is 2. The molecular weight excluding hydrogens is 400 g/mol. The van der Waals surface area contributed by atoms with Crippen LogP contribution in [0.3, 0.4) is 0 Å². The number of nitrogens with zero attached hydrogens (tertiary/aromatic N) is 4. The van der Waals surface area contributed by atoms with Crippen molar-refractivity contribution in [2.45, 2.75) is 60.7 Å². The molecule has 31 heavy (non-hydrogen) atoms. The molecular formula is C22H32N4O5. The standard InChI is InChI=1S/C22H32N4O5/c1-13(2)8-25-9-18(29-12-20-15(4)24-31-17(20)6)10-26(11-22(25)28)21(27)7-19-14(3)23-30-16(19)5/h13,18H,7-12H2,1-6H3. The molecule has 0 saturated carbocycles. The molecule has 9 heteroatoms. The maximum absolute atomic E-state index is 13.1. The Hall–Kier alpha value is -2.68. The Morgan fingerprint density at radius 2 is 1.68 bits per heavy atom. The minimum atomic E-state index is -0.312. The van der Waals surface area contributed by atoms with E-state index in [1.54, 1.807) is 16.7 Å². The maximum Gasteiger partial charge on any atom is 0.242 e. The Bertz CT molecular complexity index is 893. The van der Waals surface area contributed by atoms with Crippen LogP contribution in [0, 0.1) is 33.6 Å². The van der Waals surface area contributed by atoms with Gasteiger partial charge in [0.2, 0.25) is 11.8 Å². The molecule has 2 amide bonds. The van der Waals surface area contributed by atoms with Gasteiger partial charge in [-0.2, -0.15) is 0 Å². The molecule has 0 N–H and O–H groups in total. The van der Waals surface area contributed by atoms with Crippen LogP contribution < -0.4 is 0 Å². The normalized spacial score (nSPS) is 17.5. The zero-order valence-electron chi connectivity index (χ0n) is 19.2. The van der Waals surface area contributed by atoms with Crippen molar-refractivity contribution in [2.24, 2.45) is 5.92 Å². The van der Waals surface area contributed by atoms with Gasteiger partial charge in [-0.05, 0) is 33.6 Å². The van der Waals surface area contributed by atoms with Gasteiger partial charge >= 0.3 is 0 Å². The predicted molar refractivity (Wildman–Crippen MR) is 112 cm³/mol. The number of carbonyl (C=O) groups is 2.